The second kappa shape index (κ2) is 8.72. The number of carboxylic acid groups (broad SMARTS) is 1. The Hall–Kier alpha value is -3.11. The molecule has 2 atom stereocenters. The number of alkyl carbamates (subject to hydrolysis) is 1. The Morgan fingerprint density at radius 2 is 1.86 bits per heavy atom. The molecule has 0 saturated heterocycles. The summed E-state index contributed by atoms with van der Waals surface area (Å²) in [6.45, 7) is 8.36. The molecule has 156 valence electrons. The van der Waals surface area contributed by atoms with E-state index in [1.54, 1.807) is 20.8 Å². The molecule has 1 rings (SSSR count). The molecule has 1 aromatic heterocycles. The van der Waals surface area contributed by atoms with Crippen LogP contribution >= 0.6 is 0 Å². The van der Waals surface area contributed by atoms with E-state index < -0.39 is 53.6 Å². The Kier molecular flexibility index (Phi) is 7.14. The van der Waals surface area contributed by atoms with Crippen LogP contribution in [0.5, 0.6) is 0 Å². The number of H-pyrrole nitrogens is 1. The monoisotopic (exact) mass is 398 g/mol. The number of amides is 2. The highest BCUT2D eigenvalue weighted by Gasteiger charge is 2.32. The van der Waals surface area contributed by atoms with Crippen molar-refractivity contribution in [3.05, 3.63) is 32.6 Å². The van der Waals surface area contributed by atoms with Crippen molar-refractivity contribution < 1.29 is 24.2 Å². The number of carbonyl (C=O) groups is 3. The van der Waals surface area contributed by atoms with E-state index in [9.17, 15) is 29.1 Å². The van der Waals surface area contributed by atoms with Crippen LogP contribution in [0.15, 0.2) is 15.8 Å². The quantitative estimate of drug-likeness (QED) is 0.571. The fourth-order valence-corrected chi connectivity index (χ4v) is 2.41. The fourth-order valence-electron chi connectivity index (χ4n) is 2.41. The number of ether oxygens (including phenoxy) is 1. The van der Waals surface area contributed by atoms with E-state index in [1.807, 2.05) is 0 Å². The van der Waals surface area contributed by atoms with E-state index >= 15 is 0 Å². The maximum atomic E-state index is 12.7. The van der Waals surface area contributed by atoms with E-state index in [0.717, 1.165) is 4.90 Å². The molecule has 3 N–H and O–H groups in total. The maximum absolute atomic E-state index is 12.7. The van der Waals surface area contributed by atoms with Crippen LogP contribution in [0.1, 0.15) is 40.2 Å². The number of nitrogens with one attached hydrogen (secondary N) is 2. The molecule has 11 heteroatoms. The summed E-state index contributed by atoms with van der Waals surface area (Å²) in [5, 5.41) is 11.7. The molecule has 0 aromatic carbocycles. The van der Waals surface area contributed by atoms with Crippen LogP contribution in [0.4, 0.5) is 4.79 Å². The van der Waals surface area contributed by atoms with Gasteiger partial charge in [0.05, 0.1) is 0 Å². The van der Waals surface area contributed by atoms with Gasteiger partial charge in [-0.15, -0.1) is 0 Å². The second-order valence-electron chi connectivity index (χ2n) is 7.31. The highest BCUT2D eigenvalue weighted by atomic mass is 16.6. The zero-order valence-corrected chi connectivity index (χ0v) is 16.7. The number of carbonyl (C=O) groups excluding carboxylic acids is 2. The van der Waals surface area contributed by atoms with Gasteiger partial charge in [0, 0.05) is 11.8 Å². The second-order valence-corrected chi connectivity index (χ2v) is 7.31. The summed E-state index contributed by atoms with van der Waals surface area (Å²) in [4.78, 5) is 63.3. The lowest BCUT2D eigenvalue weighted by molar-refractivity contribution is -0.152. The van der Waals surface area contributed by atoms with Crippen molar-refractivity contribution in [3.63, 3.8) is 0 Å². The third kappa shape index (κ3) is 5.96. The summed E-state index contributed by atoms with van der Waals surface area (Å²) in [6, 6.07) is -1.34. The van der Waals surface area contributed by atoms with Gasteiger partial charge in [-0.25, -0.2) is 14.4 Å². The number of aromatic amines is 1. The number of hydrogen-bond acceptors (Lipinski definition) is 6. The predicted octanol–water partition coefficient (Wildman–Crippen LogP) is 0.0174. The molecule has 0 bridgehead atoms. The van der Waals surface area contributed by atoms with Crippen molar-refractivity contribution in [3.8, 4) is 0 Å². The highest BCUT2D eigenvalue weighted by Crippen LogP contribution is 2.10. The van der Waals surface area contributed by atoms with Gasteiger partial charge in [0.15, 0.2) is 0 Å². The number of rotatable bonds is 6. The summed E-state index contributed by atoms with van der Waals surface area (Å²) >= 11 is 0. The van der Waals surface area contributed by atoms with Crippen molar-refractivity contribution in [1.82, 2.24) is 19.8 Å². The molecule has 0 spiro atoms. The molecule has 11 nitrogen and oxygen atoms in total. The SMILES string of the molecule is Cc1c[nH]c(=O)n(CC(=O)N(C(C)NC(=O)OC(C)(C)C)[C@H](C)C(=O)O)c1=O. The van der Waals surface area contributed by atoms with E-state index in [0.29, 0.717) is 4.57 Å². The molecule has 0 aliphatic heterocycles. The zero-order chi connectivity index (χ0) is 21.8. The van der Waals surface area contributed by atoms with Crippen molar-refractivity contribution in [2.24, 2.45) is 0 Å². The molecule has 0 aliphatic carbocycles. The van der Waals surface area contributed by atoms with Gasteiger partial charge in [0.25, 0.3) is 5.56 Å². The summed E-state index contributed by atoms with van der Waals surface area (Å²) in [6.07, 6.45) is -0.704. The van der Waals surface area contributed by atoms with E-state index in [4.69, 9.17) is 4.74 Å². The number of aromatic nitrogens is 2. The van der Waals surface area contributed by atoms with Crippen LogP contribution in [0.25, 0.3) is 0 Å². The third-order valence-electron chi connectivity index (χ3n) is 3.74. The molecule has 1 aromatic rings. The molecule has 2 amide bonds. The summed E-state index contributed by atoms with van der Waals surface area (Å²) in [5.41, 5.74) is -2.06. The molecular weight excluding hydrogens is 372 g/mol. The van der Waals surface area contributed by atoms with Gasteiger partial charge in [-0.1, -0.05) is 0 Å². The largest absolute Gasteiger partial charge is 0.480 e. The Morgan fingerprint density at radius 1 is 1.29 bits per heavy atom. The molecule has 0 aliphatic rings. The minimum Gasteiger partial charge on any atom is -0.480 e. The number of aryl methyl sites for hydroxylation is 1. The first-order valence-electron chi connectivity index (χ1n) is 8.57. The van der Waals surface area contributed by atoms with Crippen LogP contribution in [0, 0.1) is 6.92 Å². The lowest BCUT2D eigenvalue weighted by Gasteiger charge is -2.33. The van der Waals surface area contributed by atoms with Gasteiger partial charge in [0.1, 0.15) is 24.4 Å². The van der Waals surface area contributed by atoms with Crippen molar-refractivity contribution in [2.75, 3.05) is 0 Å². The predicted molar refractivity (Wildman–Crippen MR) is 98.8 cm³/mol. The van der Waals surface area contributed by atoms with E-state index in [-0.39, 0.29) is 5.56 Å². The van der Waals surface area contributed by atoms with Gasteiger partial charge in [-0.3, -0.25) is 14.2 Å². The molecule has 1 heterocycles. The van der Waals surface area contributed by atoms with Gasteiger partial charge < -0.3 is 25.0 Å². The van der Waals surface area contributed by atoms with E-state index in [2.05, 4.69) is 10.3 Å². The van der Waals surface area contributed by atoms with E-state index in [1.165, 1.54) is 27.0 Å². The Bertz CT molecular complexity index is 865. The molecule has 0 radical (unpaired) electrons. The maximum Gasteiger partial charge on any atom is 0.409 e. The number of hydrogen-bond donors (Lipinski definition) is 3. The number of carboxylic acids is 1. The van der Waals surface area contributed by atoms with Crippen molar-refractivity contribution in [2.45, 2.75) is 65.9 Å². The summed E-state index contributed by atoms with van der Waals surface area (Å²) in [7, 11) is 0. The fraction of sp³-hybridized carbons (Fsp3) is 0.588. The smallest absolute Gasteiger partial charge is 0.409 e. The standard InChI is InChI=1S/C17H26N4O7/c1-9-7-18-15(26)20(13(9)23)8-12(22)21(10(2)14(24)25)11(3)19-16(27)28-17(4,5)6/h7,10-11H,8H2,1-6H3,(H,18,26)(H,19,27)(H,24,25)/t10-,11?/m1/s1. The summed E-state index contributed by atoms with van der Waals surface area (Å²) in [5.74, 6) is -2.16. The lowest BCUT2D eigenvalue weighted by atomic mass is 10.2. The first-order valence-corrected chi connectivity index (χ1v) is 8.57. The highest BCUT2D eigenvalue weighted by molar-refractivity contribution is 5.84. The van der Waals surface area contributed by atoms with Gasteiger partial charge in [-0.2, -0.15) is 0 Å². The molecule has 0 saturated carbocycles. The molecule has 0 fully saturated rings. The number of nitrogens with zero attached hydrogens (tertiary/aromatic N) is 2. The number of aliphatic carboxylic acids is 1. The van der Waals surface area contributed by atoms with Crippen LogP contribution in [0.3, 0.4) is 0 Å². The Morgan fingerprint density at radius 3 is 2.36 bits per heavy atom. The first kappa shape index (κ1) is 22.9. The van der Waals surface area contributed by atoms with Crippen LogP contribution in [-0.4, -0.2) is 55.3 Å². The zero-order valence-electron chi connectivity index (χ0n) is 16.7. The van der Waals surface area contributed by atoms with Gasteiger partial charge >= 0.3 is 17.8 Å². The van der Waals surface area contributed by atoms with Crippen LogP contribution in [0.2, 0.25) is 0 Å². The normalized spacial score (nSPS) is 13.4. The Balaban J connectivity index is 3.14. The molecule has 28 heavy (non-hydrogen) atoms. The lowest BCUT2D eigenvalue weighted by Crippen LogP contribution is -2.57. The topological polar surface area (TPSA) is 151 Å². The van der Waals surface area contributed by atoms with Gasteiger partial charge in [0.2, 0.25) is 5.91 Å². The summed E-state index contributed by atoms with van der Waals surface area (Å²) < 4.78 is 5.77. The molecular formula is C17H26N4O7. The average Bonchev–Trinajstić information content (AvgIpc) is 2.53. The van der Waals surface area contributed by atoms with Crippen LogP contribution in [-0.2, 0) is 20.9 Å². The molecule has 1 unspecified atom stereocenters. The van der Waals surface area contributed by atoms with Gasteiger partial charge in [-0.05, 0) is 41.5 Å². The van der Waals surface area contributed by atoms with Crippen molar-refractivity contribution in [1.29, 1.82) is 0 Å². The minimum atomic E-state index is -1.34. The minimum absolute atomic E-state index is 0.213. The van der Waals surface area contributed by atoms with Crippen molar-refractivity contribution >= 4 is 18.0 Å². The Labute approximate surface area is 161 Å². The van der Waals surface area contributed by atoms with Crippen LogP contribution < -0.4 is 16.6 Å². The third-order valence-corrected chi connectivity index (χ3v) is 3.74. The average molecular weight is 398 g/mol. The first-order chi connectivity index (χ1) is 12.7.